The van der Waals surface area contributed by atoms with Gasteiger partial charge >= 0.3 is 0 Å². The van der Waals surface area contributed by atoms with E-state index in [9.17, 15) is 5.11 Å². The summed E-state index contributed by atoms with van der Waals surface area (Å²) in [6.07, 6.45) is 0.164. The van der Waals surface area contributed by atoms with Crippen LogP contribution >= 0.6 is 0 Å². The Hall–Kier alpha value is -4.38. The molecule has 5 heteroatoms. The van der Waals surface area contributed by atoms with E-state index in [1.165, 1.54) is 0 Å². The summed E-state index contributed by atoms with van der Waals surface area (Å²) in [5, 5.41) is 13.1. The largest absolute Gasteiger partial charge is 0.506 e. The predicted molar refractivity (Wildman–Crippen MR) is 141 cm³/mol. The number of aromatic nitrogens is 3. The van der Waals surface area contributed by atoms with Gasteiger partial charge in [-0.05, 0) is 53.4 Å². The van der Waals surface area contributed by atoms with Gasteiger partial charge in [-0.2, -0.15) is 0 Å². The third-order valence-electron chi connectivity index (χ3n) is 6.22. The van der Waals surface area contributed by atoms with Crippen LogP contribution in [0.25, 0.3) is 38.5 Å². The molecule has 3 aromatic heterocycles. The van der Waals surface area contributed by atoms with E-state index in [0.29, 0.717) is 29.0 Å². The van der Waals surface area contributed by atoms with Crippen molar-refractivity contribution in [3.8, 4) is 23.2 Å². The minimum absolute atomic E-state index is 0.102. The predicted octanol–water partition coefficient (Wildman–Crippen LogP) is 7.52. The summed E-state index contributed by atoms with van der Waals surface area (Å²) in [7, 11) is 0. The van der Waals surface area contributed by atoms with E-state index in [1.54, 1.807) is 24.3 Å². The van der Waals surface area contributed by atoms with E-state index in [0.717, 1.165) is 32.8 Å². The number of benzene rings is 3. The SMILES string of the molecule is [2H]c1cccc(-n2c3cc(Oc4ccc5c(C(C)(C)C)ccc(O)c5n4)ccc3c3c([2H])cccc32)n1. The van der Waals surface area contributed by atoms with E-state index in [2.05, 4.69) is 30.7 Å². The van der Waals surface area contributed by atoms with Crippen LogP contribution in [0.4, 0.5) is 0 Å². The van der Waals surface area contributed by atoms with Gasteiger partial charge < -0.3 is 9.84 Å². The monoisotopic (exact) mass is 461 g/mol. The molecule has 0 unspecified atom stereocenters. The molecule has 0 aliphatic carbocycles. The zero-order valence-electron chi connectivity index (χ0n) is 21.7. The third-order valence-corrected chi connectivity index (χ3v) is 6.22. The van der Waals surface area contributed by atoms with Crippen LogP contribution in [0.5, 0.6) is 17.4 Å². The Morgan fingerprint density at radius 2 is 1.69 bits per heavy atom. The van der Waals surface area contributed by atoms with Crippen molar-refractivity contribution in [3.05, 3.63) is 96.6 Å². The fourth-order valence-electron chi connectivity index (χ4n) is 4.64. The number of phenolic OH excluding ortho intramolecular Hbond substituents is 1. The molecular weight excluding hydrogens is 434 g/mol. The maximum atomic E-state index is 10.5. The van der Waals surface area contributed by atoms with Crippen LogP contribution < -0.4 is 4.74 Å². The Balaban J connectivity index is 1.50. The molecule has 6 aromatic rings. The number of hydrogen-bond acceptors (Lipinski definition) is 4. The van der Waals surface area contributed by atoms with Crippen LogP contribution in [0.1, 0.15) is 29.1 Å². The first-order valence-electron chi connectivity index (χ1n) is 12.5. The van der Waals surface area contributed by atoms with E-state index in [-0.39, 0.29) is 17.3 Å². The summed E-state index contributed by atoms with van der Waals surface area (Å²) in [5.74, 6) is 1.62. The lowest BCUT2D eigenvalue weighted by molar-refractivity contribution is 0.460. The second-order valence-electron chi connectivity index (χ2n) is 9.60. The highest BCUT2D eigenvalue weighted by molar-refractivity contribution is 6.09. The summed E-state index contributed by atoms with van der Waals surface area (Å²) >= 11 is 0. The first-order chi connectivity index (χ1) is 17.7. The highest BCUT2D eigenvalue weighted by Gasteiger charge is 2.19. The summed E-state index contributed by atoms with van der Waals surface area (Å²) in [4.78, 5) is 9.05. The molecule has 0 aliphatic rings. The molecule has 0 atom stereocenters. The molecule has 0 aliphatic heterocycles. The second-order valence-corrected chi connectivity index (χ2v) is 9.60. The molecule has 0 saturated heterocycles. The normalized spacial score (nSPS) is 12.8. The Kier molecular flexibility index (Phi) is 4.25. The lowest BCUT2D eigenvalue weighted by Gasteiger charge is -2.21. The fraction of sp³-hybridized carbons (Fsp3) is 0.133. The molecule has 5 nitrogen and oxygen atoms in total. The van der Waals surface area contributed by atoms with Crippen molar-refractivity contribution in [1.82, 2.24) is 14.5 Å². The van der Waals surface area contributed by atoms with Crippen molar-refractivity contribution in [2.45, 2.75) is 26.2 Å². The molecule has 0 bridgehead atoms. The highest BCUT2D eigenvalue weighted by Crippen LogP contribution is 2.37. The number of para-hydroxylation sites is 1. The van der Waals surface area contributed by atoms with E-state index in [1.807, 2.05) is 59.2 Å². The average molecular weight is 462 g/mol. The summed E-state index contributed by atoms with van der Waals surface area (Å²) in [6.45, 7) is 6.39. The minimum atomic E-state index is -0.102. The van der Waals surface area contributed by atoms with Gasteiger partial charge in [0.25, 0.3) is 0 Å². The maximum Gasteiger partial charge on any atom is 0.219 e. The van der Waals surface area contributed by atoms with Gasteiger partial charge in [0.15, 0.2) is 0 Å². The van der Waals surface area contributed by atoms with E-state index in [4.69, 9.17) is 7.48 Å². The van der Waals surface area contributed by atoms with Gasteiger partial charge in [-0.1, -0.05) is 51.1 Å². The number of hydrogen-bond donors (Lipinski definition) is 1. The van der Waals surface area contributed by atoms with Crippen molar-refractivity contribution >= 4 is 32.7 Å². The molecule has 3 heterocycles. The minimum Gasteiger partial charge on any atom is -0.506 e. The van der Waals surface area contributed by atoms with Crippen molar-refractivity contribution in [3.63, 3.8) is 0 Å². The Bertz CT molecular complexity index is 1840. The smallest absolute Gasteiger partial charge is 0.219 e. The zero-order valence-corrected chi connectivity index (χ0v) is 19.7. The number of fused-ring (bicyclic) bond motifs is 4. The number of rotatable bonds is 3. The van der Waals surface area contributed by atoms with Gasteiger partial charge in [-0.15, -0.1) is 0 Å². The molecule has 0 spiro atoms. The van der Waals surface area contributed by atoms with Crippen LogP contribution in [0.2, 0.25) is 0 Å². The lowest BCUT2D eigenvalue weighted by atomic mass is 9.84. The van der Waals surface area contributed by atoms with Crippen LogP contribution in [0.3, 0.4) is 0 Å². The van der Waals surface area contributed by atoms with Crippen molar-refractivity contribution in [2.75, 3.05) is 0 Å². The number of phenols is 1. The van der Waals surface area contributed by atoms with Gasteiger partial charge in [0.1, 0.15) is 22.8 Å². The van der Waals surface area contributed by atoms with Crippen LogP contribution in [0.15, 0.2) is 91.1 Å². The van der Waals surface area contributed by atoms with Gasteiger partial charge in [0.05, 0.1) is 13.8 Å². The number of aromatic hydroxyl groups is 1. The maximum absolute atomic E-state index is 10.5. The van der Waals surface area contributed by atoms with Crippen molar-refractivity contribution in [2.24, 2.45) is 0 Å². The Morgan fingerprint density at radius 3 is 2.51 bits per heavy atom. The molecule has 0 fully saturated rings. The Labute approximate surface area is 206 Å². The van der Waals surface area contributed by atoms with Gasteiger partial charge in [-0.25, -0.2) is 9.97 Å². The molecule has 0 radical (unpaired) electrons. The average Bonchev–Trinajstić information content (AvgIpc) is 3.18. The standard InChI is InChI=1S/C30H25N3O2/c1-30(2,3)23-14-15-26(34)29-22(23)13-16-28(32-29)35-19-11-12-21-20-8-4-5-9-24(20)33(25(21)18-19)27-10-6-7-17-31-27/h4-18,34H,1-3H3/i8D,17D. The molecule has 172 valence electrons. The highest BCUT2D eigenvalue weighted by atomic mass is 16.5. The van der Waals surface area contributed by atoms with E-state index >= 15 is 0 Å². The topological polar surface area (TPSA) is 60.2 Å². The van der Waals surface area contributed by atoms with Crippen LogP contribution in [0, 0.1) is 0 Å². The molecule has 6 rings (SSSR count). The third kappa shape index (κ3) is 3.56. The van der Waals surface area contributed by atoms with Gasteiger partial charge in [0, 0.05) is 34.5 Å². The second kappa shape index (κ2) is 7.84. The summed E-state index contributed by atoms with van der Waals surface area (Å²) in [5.41, 5.74) is 3.14. The Morgan fingerprint density at radius 1 is 0.857 bits per heavy atom. The molecular formula is C30H25N3O2. The first-order valence-corrected chi connectivity index (χ1v) is 11.5. The van der Waals surface area contributed by atoms with Crippen LogP contribution in [-0.2, 0) is 5.41 Å². The van der Waals surface area contributed by atoms with Crippen molar-refractivity contribution < 1.29 is 12.6 Å². The quantitative estimate of drug-likeness (QED) is 0.296. The van der Waals surface area contributed by atoms with E-state index < -0.39 is 0 Å². The fourth-order valence-corrected chi connectivity index (χ4v) is 4.64. The molecule has 3 aromatic carbocycles. The lowest BCUT2D eigenvalue weighted by Crippen LogP contribution is -2.11. The number of ether oxygens (including phenoxy) is 1. The molecule has 0 saturated carbocycles. The summed E-state index contributed by atoms with van der Waals surface area (Å²) in [6, 6.07) is 24.3. The van der Waals surface area contributed by atoms with Crippen molar-refractivity contribution in [1.29, 1.82) is 0 Å². The summed E-state index contributed by atoms with van der Waals surface area (Å²) < 4.78 is 24.7. The van der Waals surface area contributed by atoms with Gasteiger partial charge in [-0.3, -0.25) is 4.57 Å². The number of pyridine rings is 2. The molecule has 35 heavy (non-hydrogen) atoms. The zero-order chi connectivity index (χ0) is 25.9. The van der Waals surface area contributed by atoms with Gasteiger partial charge in [0.2, 0.25) is 5.88 Å². The molecule has 1 N–H and O–H groups in total. The number of nitrogens with zero attached hydrogens (tertiary/aromatic N) is 3. The molecule has 0 amide bonds. The first kappa shape index (κ1) is 19.0. The van der Waals surface area contributed by atoms with Crippen LogP contribution in [-0.4, -0.2) is 19.6 Å².